The van der Waals surface area contributed by atoms with Gasteiger partial charge in [0.2, 0.25) is 0 Å². The summed E-state index contributed by atoms with van der Waals surface area (Å²) in [6.45, 7) is 9.14. The van der Waals surface area contributed by atoms with E-state index in [1.165, 1.54) is 47.6 Å². The number of ether oxygens (including phenoxy) is 1. The number of allylic oxidation sites excluding steroid dienone is 2. The van der Waals surface area contributed by atoms with Gasteiger partial charge in [-0.1, -0.05) is 74.4 Å². The molecule has 3 rings (SSSR count). The van der Waals surface area contributed by atoms with Crippen LogP contribution in [0.2, 0.25) is 0 Å². The molecule has 3 aromatic rings. The molecule has 0 aliphatic rings. The van der Waals surface area contributed by atoms with Crippen LogP contribution in [0, 0.1) is 0 Å². The van der Waals surface area contributed by atoms with Gasteiger partial charge in [0.05, 0.1) is 11.8 Å². The van der Waals surface area contributed by atoms with Crippen LogP contribution in [0.25, 0.3) is 28.1 Å². The summed E-state index contributed by atoms with van der Waals surface area (Å²) >= 11 is 0. The second-order valence-corrected chi connectivity index (χ2v) is 8.59. The summed E-state index contributed by atoms with van der Waals surface area (Å²) in [5.74, 6) is 0. The Balaban J connectivity index is 1.49. The smallest absolute Gasteiger partial charge is 0.0708 e. The number of fused-ring (bicyclic) bond motifs is 1. The van der Waals surface area contributed by atoms with Crippen molar-refractivity contribution in [2.75, 3.05) is 6.61 Å². The van der Waals surface area contributed by atoms with Crippen molar-refractivity contribution >= 4 is 16.8 Å². The zero-order chi connectivity index (χ0) is 22.6. The molecule has 0 amide bonds. The third-order valence-electron chi connectivity index (χ3n) is 5.81. The summed E-state index contributed by atoms with van der Waals surface area (Å²) < 4.78 is 5.87. The van der Waals surface area contributed by atoms with E-state index in [9.17, 15) is 0 Å². The molecule has 32 heavy (non-hydrogen) atoms. The first-order valence-electron chi connectivity index (χ1n) is 12.1. The van der Waals surface area contributed by atoms with Crippen molar-refractivity contribution in [3.8, 4) is 11.3 Å². The number of hydrogen-bond acceptors (Lipinski definition) is 2. The van der Waals surface area contributed by atoms with Gasteiger partial charge in [-0.15, -0.1) is 6.58 Å². The maximum absolute atomic E-state index is 5.87. The first-order valence-corrected chi connectivity index (χ1v) is 12.1. The van der Waals surface area contributed by atoms with Crippen molar-refractivity contribution < 1.29 is 4.74 Å². The first kappa shape index (κ1) is 23.9. The Hall–Kier alpha value is -2.71. The van der Waals surface area contributed by atoms with Crippen LogP contribution >= 0.6 is 0 Å². The second-order valence-electron chi connectivity index (χ2n) is 8.59. The van der Waals surface area contributed by atoms with Crippen molar-refractivity contribution in [3.63, 3.8) is 0 Å². The van der Waals surface area contributed by atoms with Crippen molar-refractivity contribution in [1.82, 2.24) is 4.98 Å². The third-order valence-corrected chi connectivity index (χ3v) is 5.81. The molecule has 1 unspecified atom stereocenters. The van der Waals surface area contributed by atoms with Gasteiger partial charge in [-0.25, -0.2) is 0 Å². The topological polar surface area (TPSA) is 22.1 Å². The van der Waals surface area contributed by atoms with Crippen LogP contribution in [-0.2, 0) is 11.2 Å². The molecule has 0 saturated heterocycles. The average Bonchev–Trinajstić information content (AvgIpc) is 2.82. The van der Waals surface area contributed by atoms with E-state index in [-0.39, 0.29) is 0 Å². The van der Waals surface area contributed by atoms with E-state index < -0.39 is 0 Å². The van der Waals surface area contributed by atoms with E-state index in [2.05, 4.69) is 86.1 Å². The fraction of sp³-hybridized carbons (Fsp3) is 0.367. The predicted molar refractivity (Wildman–Crippen MR) is 139 cm³/mol. The lowest BCUT2D eigenvalue weighted by Crippen LogP contribution is -2.08. The molecule has 1 atom stereocenters. The van der Waals surface area contributed by atoms with Crippen LogP contribution < -0.4 is 0 Å². The SMILES string of the molecule is C=CCc1ccc2cc(-c3ccc(/C=C/CCCC(C)OCCCCC)cc3)ncc2c1. The molecular weight excluding hydrogens is 390 g/mol. The van der Waals surface area contributed by atoms with E-state index in [0.717, 1.165) is 37.1 Å². The maximum atomic E-state index is 5.87. The van der Waals surface area contributed by atoms with Crippen LogP contribution in [0.4, 0.5) is 0 Å². The van der Waals surface area contributed by atoms with Crippen LogP contribution in [0.3, 0.4) is 0 Å². The molecule has 0 aliphatic heterocycles. The fourth-order valence-electron chi connectivity index (χ4n) is 3.87. The number of nitrogens with zero attached hydrogens (tertiary/aromatic N) is 1. The van der Waals surface area contributed by atoms with Gasteiger partial charge in [0.25, 0.3) is 0 Å². The lowest BCUT2D eigenvalue weighted by molar-refractivity contribution is 0.0566. The predicted octanol–water partition coefficient (Wildman–Crippen LogP) is 8.41. The van der Waals surface area contributed by atoms with Crippen molar-refractivity contribution in [3.05, 3.63) is 84.6 Å². The highest BCUT2D eigenvalue weighted by Gasteiger charge is 2.03. The van der Waals surface area contributed by atoms with Gasteiger partial charge in [-0.05, 0) is 67.7 Å². The summed E-state index contributed by atoms with van der Waals surface area (Å²) in [6.07, 6.45) is 16.7. The van der Waals surface area contributed by atoms with E-state index in [0.29, 0.717) is 6.10 Å². The molecule has 2 nitrogen and oxygen atoms in total. The normalized spacial score (nSPS) is 12.4. The monoisotopic (exact) mass is 427 g/mol. The Morgan fingerprint density at radius 1 is 1.00 bits per heavy atom. The number of hydrogen-bond donors (Lipinski definition) is 0. The van der Waals surface area contributed by atoms with E-state index in [1.807, 2.05) is 12.3 Å². The van der Waals surface area contributed by atoms with E-state index in [4.69, 9.17) is 4.74 Å². The van der Waals surface area contributed by atoms with Crippen molar-refractivity contribution in [2.24, 2.45) is 0 Å². The molecule has 1 heterocycles. The zero-order valence-corrected chi connectivity index (χ0v) is 19.7. The molecule has 1 aromatic heterocycles. The summed E-state index contributed by atoms with van der Waals surface area (Å²) in [6, 6.07) is 17.4. The lowest BCUT2D eigenvalue weighted by atomic mass is 10.0. The number of benzene rings is 2. The lowest BCUT2D eigenvalue weighted by Gasteiger charge is -2.12. The van der Waals surface area contributed by atoms with Gasteiger partial charge in [0.15, 0.2) is 0 Å². The molecule has 0 spiro atoms. The van der Waals surface area contributed by atoms with Gasteiger partial charge < -0.3 is 4.74 Å². The highest BCUT2D eigenvalue weighted by Crippen LogP contribution is 2.24. The van der Waals surface area contributed by atoms with Gasteiger partial charge >= 0.3 is 0 Å². The fourth-order valence-corrected chi connectivity index (χ4v) is 3.87. The Labute approximate surface area is 194 Å². The molecule has 0 saturated carbocycles. The van der Waals surface area contributed by atoms with E-state index in [1.54, 1.807) is 0 Å². The van der Waals surface area contributed by atoms with Gasteiger partial charge in [-0.3, -0.25) is 4.98 Å². The highest BCUT2D eigenvalue weighted by atomic mass is 16.5. The van der Waals surface area contributed by atoms with Gasteiger partial charge in [0.1, 0.15) is 0 Å². The third kappa shape index (κ3) is 7.46. The maximum Gasteiger partial charge on any atom is 0.0708 e. The highest BCUT2D eigenvalue weighted by molar-refractivity contribution is 5.85. The summed E-state index contributed by atoms with van der Waals surface area (Å²) in [5.41, 5.74) is 4.66. The Morgan fingerprint density at radius 3 is 2.62 bits per heavy atom. The standard InChI is InChI=1S/C30H37NO/c1-4-6-10-20-32-24(3)12-8-7-9-13-25-14-17-27(18-15-25)30-22-28-19-16-26(11-5-2)21-29(28)23-31-30/h5,9,13-19,21-24H,2,4,6-8,10-12,20H2,1,3H3/b13-9+. The van der Waals surface area contributed by atoms with Gasteiger partial charge in [0, 0.05) is 23.8 Å². The van der Waals surface area contributed by atoms with Crippen molar-refractivity contribution in [2.45, 2.75) is 64.9 Å². The number of aromatic nitrogens is 1. The second kappa shape index (κ2) is 13.0. The number of unbranched alkanes of at least 4 members (excludes halogenated alkanes) is 3. The molecule has 0 fully saturated rings. The quantitative estimate of drug-likeness (QED) is 0.202. The average molecular weight is 428 g/mol. The zero-order valence-electron chi connectivity index (χ0n) is 19.7. The van der Waals surface area contributed by atoms with Crippen LogP contribution in [0.5, 0.6) is 0 Å². The van der Waals surface area contributed by atoms with Crippen LogP contribution in [0.1, 0.15) is 63.5 Å². The summed E-state index contributed by atoms with van der Waals surface area (Å²) in [4.78, 5) is 4.69. The first-order chi connectivity index (χ1) is 15.7. The molecule has 2 heteroatoms. The summed E-state index contributed by atoms with van der Waals surface area (Å²) in [5, 5.41) is 2.39. The van der Waals surface area contributed by atoms with E-state index >= 15 is 0 Å². The molecule has 0 N–H and O–H groups in total. The minimum absolute atomic E-state index is 0.363. The number of rotatable bonds is 13. The largest absolute Gasteiger partial charge is 0.379 e. The minimum Gasteiger partial charge on any atom is -0.379 e. The molecule has 0 bridgehead atoms. The molecule has 168 valence electrons. The Bertz CT molecular complexity index is 1000. The van der Waals surface area contributed by atoms with Crippen molar-refractivity contribution in [1.29, 1.82) is 0 Å². The molecule has 0 aliphatic carbocycles. The van der Waals surface area contributed by atoms with Gasteiger partial charge in [-0.2, -0.15) is 0 Å². The Morgan fingerprint density at radius 2 is 1.84 bits per heavy atom. The molecular formula is C30H37NO. The minimum atomic E-state index is 0.363. The summed E-state index contributed by atoms with van der Waals surface area (Å²) in [7, 11) is 0. The Kier molecular flexibility index (Phi) is 9.71. The van der Waals surface area contributed by atoms with Crippen LogP contribution in [-0.4, -0.2) is 17.7 Å². The molecule has 0 radical (unpaired) electrons. The van der Waals surface area contributed by atoms with Crippen LogP contribution in [0.15, 0.2) is 73.5 Å². The number of pyridine rings is 1. The molecule has 2 aromatic carbocycles.